The standard InChI is InChI=1S/C12H27NO/c1-5-12(11(4)13)7-9-14-8-6-10(2)3/h10-12H,5-9,13H2,1-4H3. The molecule has 0 spiro atoms. The van der Waals surface area contributed by atoms with E-state index >= 15 is 0 Å². The van der Waals surface area contributed by atoms with Crippen LogP contribution in [0, 0.1) is 11.8 Å². The minimum Gasteiger partial charge on any atom is -0.381 e. The van der Waals surface area contributed by atoms with Crippen LogP contribution in [0.25, 0.3) is 0 Å². The molecule has 2 N–H and O–H groups in total. The summed E-state index contributed by atoms with van der Waals surface area (Å²) in [7, 11) is 0. The molecule has 0 bridgehead atoms. The van der Waals surface area contributed by atoms with Gasteiger partial charge in [0.05, 0.1) is 0 Å². The average Bonchev–Trinajstić information content (AvgIpc) is 2.10. The Morgan fingerprint density at radius 3 is 2.07 bits per heavy atom. The Labute approximate surface area is 89.2 Å². The van der Waals surface area contributed by atoms with Gasteiger partial charge < -0.3 is 10.5 Å². The van der Waals surface area contributed by atoms with Gasteiger partial charge in [0.1, 0.15) is 0 Å². The first-order valence-corrected chi connectivity index (χ1v) is 5.91. The fraction of sp³-hybridized carbons (Fsp3) is 1.00. The Kier molecular flexibility index (Phi) is 8.20. The third-order valence-electron chi connectivity index (χ3n) is 2.74. The van der Waals surface area contributed by atoms with Gasteiger partial charge in [0.25, 0.3) is 0 Å². The van der Waals surface area contributed by atoms with Crippen LogP contribution in [0.15, 0.2) is 0 Å². The Balaban J connectivity index is 3.33. The summed E-state index contributed by atoms with van der Waals surface area (Å²) in [4.78, 5) is 0. The molecular weight excluding hydrogens is 174 g/mol. The van der Waals surface area contributed by atoms with Crippen LogP contribution in [0.3, 0.4) is 0 Å². The van der Waals surface area contributed by atoms with Crippen molar-refractivity contribution in [1.29, 1.82) is 0 Å². The molecule has 0 heterocycles. The predicted molar refractivity (Wildman–Crippen MR) is 62.3 cm³/mol. The molecule has 0 saturated carbocycles. The minimum absolute atomic E-state index is 0.300. The summed E-state index contributed by atoms with van der Waals surface area (Å²) < 4.78 is 5.57. The maximum atomic E-state index is 5.85. The molecule has 2 atom stereocenters. The van der Waals surface area contributed by atoms with Crippen molar-refractivity contribution < 1.29 is 4.74 Å². The van der Waals surface area contributed by atoms with Gasteiger partial charge in [-0.2, -0.15) is 0 Å². The molecule has 2 unspecified atom stereocenters. The van der Waals surface area contributed by atoms with E-state index in [1.165, 1.54) is 0 Å². The topological polar surface area (TPSA) is 35.2 Å². The zero-order valence-corrected chi connectivity index (χ0v) is 10.3. The van der Waals surface area contributed by atoms with Crippen LogP contribution in [-0.4, -0.2) is 19.3 Å². The molecule has 14 heavy (non-hydrogen) atoms. The molecule has 0 aromatic heterocycles. The summed E-state index contributed by atoms with van der Waals surface area (Å²) in [6.07, 6.45) is 3.42. The largest absolute Gasteiger partial charge is 0.381 e. The molecule has 2 nitrogen and oxygen atoms in total. The highest BCUT2D eigenvalue weighted by Crippen LogP contribution is 2.11. The van der Waals surface area contributed by atoms with Crippen molar-refractivity contribution >= 4 is 0 Å². The normalized spacial score (nSPS) is 15.9. The maximum Gasteiger partial charge on any atom is 0.0469 e. The van der Waals surface area contributed by atoms with Crippen molar-refractivity contribution in [1.82, 2.24) is 0 Å². The summed E-state index contributed by atoms with van der Waals surface area (Å²) in [6, 6.07) is 0.300. The molecule has 0 saturated heterocycles. The highest BCUT2D eigenvalue weighted by Gasteiger charge is 2.10. The lowest BCUT2D eigenvalue weighted by Crippen LogP contribution is -2.27. The number of ether oxygens (including phenoxy) is 1. The van der Waals surface area contributed by atoms with Gasteiger partial charge in [-0.15, -0.1) is 0 Å². The van der Waals surface area contributed by atoms with Crippen LogP contribution < -0.4 is 5.73 Å². The number of nitrogens with two attached hydrogens (primary N) is 1. The lowest BCUT2D eigenvalue weighted by atomic mass is 9.96. The maximum absolute atomic E-state index is 5.85. The molecule has 0 aliphatic rings. The third kappa shape index (κ3) is 7.34. The molecule has 2 heteroatoms. The molecule has 0 aliphatic carbocycles. The van der Waals surface area contributed by atoms with Gasteiger partial charge in [-0.25, -0.2) is 0 Å². The first-order chi connectivity index (χ1) is 6.57. The summed E-state index contributed by atoms with van der Waals surface area (Å²) in [5.74, 6) is 1.36. The van der Waals surface area contributed by atoms with E-state index in [9.17, 15) is 0 Å². The lowest BCUT2D eigenvalue weighted by Gasteiger charge is -2.18. The monoisotopic (exact) mass is 201 g/mol. The van der Waals surface area contributed by atoms with Gasteiger partial charge in [-0.05, 0) is 31.6 Å². The molecule has 0 rings (SSSR count). The molecule has 0 aromatic carbocycles. The molecular formula is C12H27NO. The second-order valence-corrected chi connectivity index (χ2v) is 4.61. The molecule has 0 aromatic rings. The summed E-state index contributed by atoms with van der Waals surface area (Å²) in [5.41, 5.74) is 5.85. The van der Waals surface area contributed by atoms with Gasteiger partial charge in [0.15, 0.2) is 0 Å². The van der Waals surface area contributed by atoms with E-state index in [1.54, 1.807) is 0 Å². The molecule has 0 aliphatic heterocycles. The quantitative estimate of drug-likeness (QED) is 0.613. The van der Waals surface area contributed by atoms with Crippen LogP contribution in [-0.2, 0) is 4.74 Å². The van der Waals surface area contributed by atoms with E-state index in [1.807, 2.05) is 0 Å². The fourth-order valence-electron chi connectivity index (χ4n) is 1.49. The smallest absolute Gasteiger partial charge is 0.0469 e. The summed E-state index contributed by atoms with van der Waals surface area (Å²) in [5, 5.41) is 0. The van der Waals surface area contributed by atoms with Crippen molar-refractivity contribution in [2.75, 3.05) is 13.2 Å². The Morgan fingerprint density at radius 2 is 1.64 bits per heavy atom. The summed E-state index contributed by atoms with van der Waals surface area (Å²) in [6.45, 7) is 10.5. The van der Waals surface area contributed by atoms with Gasteiger partial charge >= 0.3 is 0 Å². The van der Waals surface area contributed by atoms with E-state index in [0.29, 0.717) is 12.0 Å². The van der Waals surface area contributed by atoms with Gasteiger partial charge in [0.2, 0.25) is 0 Å². The van der Waals surface area contributed by atoms with Crippen molar-refractivity contribution in [3.8, 4) is 0 Å². The fourth-order valence-corrected chi connectivity index (χ4v) is 1.49. The van der Waals surface area contributed by atoms with Gasteiger partial charge in [-0.3, -0.25) is 0 Å². The second-order valence-electron chi connectivity index (χ2n) is 4.61. The number of rotatable bonds is 8. The Hall–Kier alpha value is -0.0800. The Morgan fingerprint density at radius 1 is 1.07 bits per heavy atom. The van der Waals surface area contributed by atoms with Crippen LogP contribution in [0.1, 0.15) is 47.0 Å². The first kappa shape index (κ1) is 13.9. The van der Waals surface area contributed by atoms with Gasteiger partial charge in [0, 0.05) is 19.3 Å². The van der Waals surface area contributed by atoms with Crippen molar-refractivity contribution in [2.24, 2.45) is 17.6 Å². The third-order valence-corrected chi connectivity index (χ3v) is 2.74. The van der Waals surface area contributed by atoms with Crippen LogP contribution in [0.2, 0.25) is 0 Å². The lowest BCUT2D eigenvalue weighted by molar-refractivity contribution is 0.107. The van der Waals surface area contributed by atoms with Crippen LogP contribution in [0.4, 0.5) is 0 Å². The number of hydrogen-bond donors (Lipinski definition) is 1. The van der Waals surface area contributed by atoms with E-state index in [0.717, 1.165) is 38.4 Å². The van der Waals surface area contributed by atoms with Crippen molar-refractivity contribution in [3.63, 3.8) is 0 Å². The number of hydrogen-bond acceptors (Lipinski definition) is 2. The van der Waals surface area contributed by atoms with E-state index < -0.39 is 0 Å². The summed E-state index contributed by atoms with van der Waals surface area (Å²) >= 11 is 0. The average molecular weight is 201 g/mol. The molecule has 0 radical (unpaired) electrons. The zero-order valence-electron chi connectivity index (χ0n) is 10.3. The van der Waals surface area contributed by atoms with Crippen molar-refractivity contribution in [3.05, 3.63) is 0 Å². The minimum atomic E-state index is 0.300. The highest BCUT2D eigenvalue weighted by molar-refractivity contribution is 4.66. The molecule has 0 amide bonds. The molecule has 86 valence electrons. The predicted octanol–water partition coefficient (Wildman–Crippen LogP) is 2.81. The van der Waals surface area contributed by atoms with Gasteiger partial charge in [-0.1, -0.05) is 27.2 Å². The highest BCUT2D eigenvalue weighted by atomic mass is 16.5. The SMILES string of the molecule is CCC(CCOCCC(C)C)C(C)N. The van der Waals surface area contributed by atoms with E-state index in [4.69, 9.17) is 10.5 Å². The van der Waals surface area contributed by atoms with E-state index in [2.05, 4.69) is 27.7 Å². The zero-order chi connectivity index (χ0) is 11.0. The second kappa shape index (κ2) is 8.25. The Bertz CT molecular complexity index is 123. The first-order valence-electron chi connectivity index (χ1n) is 5.91. The van der Waals surface area contributed by atoms with Crippen molar-refractivity contribution in [2.45, 2.75) is 53.0 Å². The molecule has 0 fully saturated rings. The van der Waals surface area contributed by atoms with Crippen LogP contribution >= 0.6 is 0 Å². The van der Waals surface area contributed by atoms with E-state index in [-0.39, 0.29) is 0 Å². The van der Waals surface area contributed by atoms with Crippen LogP contribution in [0.5, 0.6) is 0 Å².